The molecule has 0 amide bonds. The van der Waals surface area contributed by atoms with Crippen LogP contribution in [-0.2, 0) is 11.3 Å². The summed E-state index contributed by atoms with van der Waals surface area (Å²) in [5.41, 5.74) is 7.66. The van der Waals surface area contributed by atoms with Crippen molar-refractivity contribution in [2.75, 3.05) is 23.8 Å². The molecule has 0 saturated heterocycles. The maximum Gasteiger partial charge on any atom is 0.360 e. The number of anilines is 2. The van der Waals surface area contributed by atoms with Crippen LogP contribution < -0.4 is 10.6 Å². The van der Waals surface area contributed by atoms with Crippen molar-refractivity contribution in [2.45, 2.75) is 20.4 Å². The molecule has 112 valence electrons. The van der Waals surface area contributed by atoms with Gasteiger partial charge in [-0.15, -0.1) is 0 Å². The third kappa shape index (κ3) is 3.75. The Kier molecular flexibility index (Phi) is 4.81. The van der Waals surface area contributed by atoms with Crippen LogP contribution in [0.1, 0.15) is 29.9 Å². The Bertz CT molecular complexity index is 592. The van der Waals surface area contributed by atoms with E-state index in [0.29, 0.717) is 25.7 Å². The van der Waals surface area contributed by atoms with Crippen molar-refractivity contribution < 1.29 is 13.9 Å². The SMILES string of the molecule is CCOC(=O)c1coc(N(CC)Cc2ccc(N)cc2)n1. The van der Waals surface area contributed by atoms with Crippen LogP contribution in [0.25, 0.3) is 0 Å². The highest BCUT2D eigenvalue weighted by molar-refractivity contribution is 5.87. The van der Waals surface area contributed by atoms with E-state index in [2.05, 4.69) is 4.98 Å². The van der Waals surface area contributed by atoms with E-state index in [9.17, 15) is 4.79 Å². The summed E-state index contributed by atoms with van der Waals surface area (Å²) in [4.78, 5) is 17.7. The smallest absolute Gasteiger partial charge is 0.360 e. The number of benzene rings is 1. The van der Waals surface area contributed by atoms with Crippen molar-refractivity contribution in [1.29, 1.82) is 0 Å². The molecule has 0 spiro atoms. The summed E-state index contributed by atoms with van der Waals surface area (Å²) < 4.78 is 10.3. The van der Waals surface area contributed by atoms with Gasteiger partial charge in [0.15, 0.2) is 5.69 Å². The number of oxazole rings is 1. The van der Waals surface area contributed by atoms with E-state index in [0.717, 1.165) is 11.3 Å². The molecule has 1 aromatic heterocycles. The maximum absolute atomic E-state index is 11.6. The van der Waals surface area contributed by atoms with E-state index in [4.69, 9.17) is 14.9 Å². The van der Waals surface area contributed by atoms with Gasteiger partial charge in [-0.05, 0) is 31.5 Å². The van der Waals surface area contributed by atoms with Crippen LogP contribution >= 0.6 is 0 Å². The summed E-state index contributed by atoms with van der Waals surface area (Å²) >= 11 is 0. The number of nitrogens with two attached hydrogens (primary N) is 1. The summed E-state index contributed by atoms with van der Waals surface area (Å²) in [6.45, 7) is 5.38. The van der Waals surface area contributed by atoms with Crippen molar-refractivity contribution >= 4 is 17.7 Å². The molecule has 1 aromatic carbocycles. The Balaban J connectivity index is 2.10. The van der Waals surface area contributed by atoms with Gasteiger partial charge in [-0.2, -0.15) is 4.98 Å². The molecular formula is C15H19N3O3. The summed E-state index contributed by atoms with van der Waals surface area (Å²) in [6.07, 6.45) is 1.32. The number of esters is 1. The highest BCUT2D eigenvalue weighted by atomic mass is 16.5. The number of hydrogen-bond acceptors (Lipinski definition) is 6. The summed E-state index contributed by atoms with van der Waals surface area (Å²) in [5, 5.41) is 0. The second-order valence-electron chi connectivity index (χ2n) is 4.49. The molecule has 2 N–H and O–H groups in total. The van der Waals surface area contributed by atoms with Gasteiger partial charge in [0.05, 0.1) is 6.61 Å². The molecule has 2 aromatic rings. The number of ether oxygens (including phenoxy) is 1. The van der Waals surface area contributed by atoms with E-state index < -0.39 is 5.97 Å². The van der Waals surface area contributed by atoms with Gasteiger partial charge in [-0.25, -0.2) is 4.79 Å². The average molecular weight is 289 g/mol. The van der Waals surface area contributed by atoms with Crippen molar-refractivity contribution in [1.82, 2.24) is 4.98 Å². The predicted molar refractivity (Wildman–Crippen MR) is 80.0 cm³/mol. The fourth-order valence-electron chi connectivity index (χ4n) is 1.87. The molecular weight excluding hydrogens is 270 g/mol. The standard InChI is InChI=1S/C15H19N3O3/c1-3-18(9-11-5-7-12(16)8-6-11)15-17-13(10-21-15)14(19)20-4-2/h5-8,10H,3-4,9,16H2,1-2H3. The van der Waals surface area contributed by atoms with Gasteiger partial charge in [0.25, 0.3) is 6.01 Å². The van der Waals surface area contributed by atoms with Crippen LogP contribution in [-0.4, -0.2) is 24.1 Å². The Morgan fingerprint density at radius 1 is 1.33 bits per heavy atom. The number of carbonyl (C=O) groups excluding carboxylic acids is 1. The lowest BCUT2D eigenvalue weighted by molar-refractivity contribution is 0.0519. The van der Waals surface area contributed by atoms with Crippen molar-refractivity contribution in [3.63, 3.8) is 0 Å². The van der Waals surface area contributed by atoms with Gasteiger partial charge in [-0.1, -0.05) is 12.1 Å². The Hall–Kier alpha value is -2.50. The molecule has 0 radical (unpaired) electrons. The first-order chi connectivity index (χ1) is 10.1. The fraction of sp³-hybridized carbons (Fsp3) is 0.333. The highest BCUT2D eigenvalue weighted by Crippen LogP contribution is 2.17. The van der Waals surface area contributed by atoms with Gasteiger partial charge in [-0.3, -0.25) is 0 Å². The molecule has 0 aliphatic heterocycles. The Labute approximate surface area is 123 Å². The fourth-order valence-corrected chi connectivity index (χ4v) is 1.87. The minimum atomic E-state index is -0.476. The van der Waals surface area contributed by atoms with Crippen LogP contribution in [0.15, 0.2) is 34.9 Å². The molecule has 0 aliphatic carbocycles. The van der Waals surface area contributed by atoms with E-state index in [-0.39, 0.29) is 5.69 Å². The monoisotopic (exact) mass is 289 g/mol. The number of rotatable bonds is 6. The summed E-state index contributed by atoms with van der Waals surface area (Å²) in [6, 6.07) is 8.00. The van der Waals surface area contributed by atoms with Crippen LogP contribution in [0.3, 0.4) is 0 Å². The molecule has 2 rings (SSSR count). The largest absolute Gasteiger partial charge is 0.461 e. The lowest BCUT2D eigenvalue weighted by Crippen LogP contribution is -2.22. The average Bonchev–Trinajstić information content (AvgIpc) is 2.97. The molecule has 0 aliphatic rings. The molecule has 0 bridgehead atoms. The number of nitrogens with zero attached hydrogens (tertiary/aromatic N) is 2. The molecule has 0 unspecified atom stereocenters. The topological polar surface area (TPSA) is 81.6 Å². The third-order valence-corrected chi connectivity index (χ3v) is 2.98. The van der Waals surface area contributed by atoms with Crippen molar-refractivity contribution in [2.24, 2.45) is 0 Å². The lowest BCUT2D eigenvalue weighted by Gasteiger charge is -2.18. The third-order valence-electron chi connectivity index (χ3n) is 2.98. The molecule has 0 fully saturated rings. The summed E-state index contributed by atoms with van der Waals surface area (Å²) in [5.74, 6) is -0.476. The maximum atomic E-state index is 11.6. The first-order valence-corrected chi connectivity index (χ1v) is 6.86. The lowest BCUT2D eigenvalue weighted by atomic mass is 10.2. The van der Waals surface area contributed by atoms with E-state index in [1.54, 1.807) is 6.92 Å². The van der Waals surface area contributed by atoms with Crippen LogP contribution in [0.4, 0.5) is 11.7 Å². The second kappa shape index (κ2) is 6.78. The van der Waals surface area contributed by atoms with Crippen molar-refractivity contribution in [3.8, 4) is 0 Å². The number of carbonyl (C=O) groups is 1. The molecule has 6 nitrogen and oxygen atoms in total. The number of nitrogen functional groups attached to an aromatic ring is 1. The van der Waals surface area contributed by atoms with Gasteiger partial charge in [0, 0.05) is 18.8 Å². The predicted octanol–water partition coefficient (Wildman–Crippen LogP) is 2.46. The summed E-state index contributed by atoms with van der Waals surface area (Å²) in [7, 11) is 0. The number of aromatic nitrogens is 1. The number of hydrogen-bond donors (Lipinski definition) is 1. The second-order valence-corrected chi connectivity index (χ2v) is 4.49. The van der Waals surface area contributed by atoms with Gasteiger partial charge in [0.1, 0.15) is 6.26 Å². The van der Waals surface area contributed by atoms with Gasteiger partial charge >= 0.3 is 5.97 Å². The zero-order valence-corrected chi connectivity index (χ0v) is 12.2. The first kappa shape index (κ1) is 14.9. The zero-order chi connectivity index (χ0) is 15.2. The molecule has 1 heterocycles. The minimum absolute atomic E-state index is 0.183. The quantitative estimate of drug-likeness (QED) is 0.650. The van der Waals surface area contributed by atoms with E-state index in [1.807, 2.05) is 36.1 Å². The van der Waals surface area contributed by atoms with E-state index >= 15 is 0 Å². The van der Waals surface area contributed by atoms with E-state index in [1.165, 1.54) is 6.26 Å². The van der Waals surface area contributed by atoms with Crippen molar-refractivity contribution in [3.05, 3.63) is 41.8 Å². The first-order valence-electron chi connectivity index (χ1n) is 6.86. The Morgan fingerprint density at radius 2 is 2.05 bits per heavy atom. The van der Waals surface area contributed by atoms with Crippen LogP contribution in [0.2, 0.25) is 0 Å². The Morgan fingerprint density at radius 3 is 2.67 bits per heavy atom. The molecule has 0 atom stereocenters. The molecule has 6 heteroatoms. The normalized spacial score (nSPS) is 10.4. The van der Waals surface area contributed by atoms with Gasteiger partial charge < -0.3 is 19.8 Å². The van der Waals surface area contributed by atoms with Crippen LogP contribution in [0.5, 0.6) is 0 Å². The molecule has 0 saturated carbocycles. The van der Waals surface area contributed by atoms with Gasteiger partial charge in [0.2, 0.25) is 0 Å². The highest BCUT2D eigenvalue weighted by Gasteiger charge is 2.17. The zero-order valence-electron chi connectivity index (χ0n) is 12.2. The molecule has 21 heavy (non-hydrogen) atoms. The van der Waals surface area contributed by atoms with Crippen LogP contribution in [0, 0.1) is 0 Å². The minimum Gasteiger partial charge on any atom is -0.461 e.